The van der Waals surface area contributed by atoms with Crippen molar-refractivity contribution in [3.8, 4) is 0 Å². The number of piperidine rings is 1. The minimum absolute atomic E-state index is 0.127. The molecule has 0 N–H and O–H groups in total. The van der Waals surface area contributed by atoms with Crippen LogP contribution in [0, 0.1) is 6.92 Å². The molecule has 1 fully saturated rings. The lowest BCUT2D eigenvalue weighted by molar-refractivity contribution is 0.0666. The van der Waals surface area contributed by atoms with E-state index in [2.05, 4.69) is 15.1 Å². The largest absolute Gasteiger partial charge is 0.335 e. The van der Waals surface area contributed by atoms with Crippen LogP contribution in [0.15, 0.2) is 18.6 Å². The summed E-state index contributed by atoms with van der Waals surface area (Å²) in [7, 11) is 0. The minimum atomic E-state index is -0.127. The molecule has 128 valence electrons. The van der Waals surface area contributed by atoms with E-state index in [-0.39, 0.29) is 17.9 Å². The minimum Gasteiger partial charge on any atom is -0.335 e. The van der Waals surface area contributed by atoms with Crippen LogP contribution in [0.25, 0.3) is 0 Å². The predicted molar refractivity (Wildman–Crippen MR) is 92.3 cm³/mol. The van der Waals surface area contributed by atoms with Crippen LogP contribution in [0.3, 0.4) is 0 Å². The molecule has 0 bridgehead atoms. The van der Waals surface area contributed by atoms with E-state index in [1.807, 2.05) is 42.7 Å². The van der Waals surface area contributed by atoms with Crippen molar-refractivity contribution in [2.45, 2.75) is 45.6 Å². The van der Waals surface area contributed by atoms with Crippen molar-refractivity contribution in [2.75, 3.05) is 13.1 Å². The first-order valence-corrected chi connectivity index (χ1v) is 8.66. The van der Waals surface area contributed by atoms with Gasteiger partial charge >= 0.3 is 0 Å². The molecular formula is C17H22ClN5O. The number of halogens is 1. The molecule has 0 saturated carbocycles. The zero-order chi connectivity index (χ0) is 17.3. The molecule has 1 amide bonds. The molecule has 24 heavy (non-hydrogen) atoms. The van der Waals surface area contributed by atoms with E-state index in [9.17, 15) is 4.79 Å². The monoisotopic (exact) mass is 347 g/mol. The fraction of sp³-hybridized carbons (Fsp3) is 0.529. The summed E-state index contributed by atoms with van der Waals surface area (Å²) in [5.74, 6) is 0.659. The number of amides is 1. The summed E-state index contributed by atoms with van der Waals surface area (Å²) < 4.78 is 1.95. The molecule has 0 radical (unpaired) electrons. The number of carbonyl (C=O) groups excluding carboxylic acids is 1. The van der Waals surface area contributed by atoms with Crippen molar-refractivity contribution in [3.05, 3.63) is 40.7 Å². The molecule has 1 aliphatic rings. The summed E-state index contributed by atoms with van der Waals surface area (Å²) in [6, 6.07) is 0.196. The van der Waals surface area contributed by atoms with E-state index < -0.39 is 0 Å². The van der Waals surface area contributed by atoms with Crippen molar-refractivity contribution >= 4 is 17.5 Å². The van der Waals surface area contributed by atoms with E-state index in [4.69, 9.17) is 11.6 Å². The number of carbonyl (C=O) groups is 1. The van der Waals surface area contributed by atoms with E-state index >= 15 is 0 Å². The third kappa shape index (κ3) is 3.43. The van der Waals surface area contributed by atoms with Crippen LogP contribution < -0.4 is 0 Å². The Kier molecular flexibility index (Phi) is 4.85. The van der Waals surface area contributed by atoms with Gasteiger partial charge in [-0.05, 0) is 25.3 Å². The second-order valence-electron chi connectivity index (χ2n) is 6.62. The van der Waals surface area contributed by atoms with Gasteiger partial charge in [0.2, 0.25) is 0 Å². The summed E-state index contributed by atoms with van der Waals surface area (Å²) in [5, 5.41) is 4.69. The standard InChI is InChI=1S/C17H22ClN5O/c1-11(2)16-19-8-14(18)15(21-16)17(24)22-6-4-5-13(10-22)23-9-12(3)7-20-23/h7-9,11,13H,4-6,10H2,1-3H3. The lowest BCUT2D eigenvalue weighted by Gasteiger charge is -2.32. The number of hydrogen-bond acceptors (Lipinski definition) is 4. The molecule has 3 rings (SSSR count). The van der Waals surface area contributed by atoms with Gasteiger partial charge in [-0.1, -0.05) is 25.4 Å². The Morgan fingerprint density at radius 2 is 2.17 bits per heavy atom. The van der Waals surface area contributed by atoms with Crippen molar-refractivity contribution in [2.24, 2.45) is 0 Å². The highest BCUT2D eigenvalue weighted by Crippen LogP contribution is 2.24. The number of likely N-dealkylation sites (tertiary alicyclic amines) is 1. The number of hydrogen-bond donors (Lipinski definition) is 0. The second-order valence-corrected chi connectivity index (χ2v) is 7.03. The number of aromatic nitrogens is 4. The Balaban J connectivity index is 1.81. The van der Waals surface area contributed by atoms with Gasteiger partial charge in [0, 0.05) is 25.2 Å². The van der Waals surface area contributed by atoms with Gasteiger partial charge in [-0.3, -0.25) is 9.48 Å². The fourth-order valence-electron chi connectivity index (χ4n) is 2.95. The van der Waals surface area contributed by atoms with Crippen LogP contribution in [0.2, 0.25) is 5.02 Å². The van der Waals surface area contributed by atoms with Crippen LogP contribution in [-0.2, 0) is 0 Å². The molecule has 0 aromatic carbocycles. The Bertz CT molecular complexity index is 742. The molecule has 1 aliphatic heterocycles. The zero-order valence-corrected chi connectivity index (χ0v) is 15.0. The summed E-state index contributed by atoms with van der Waals surface area (Å²) in [6.45, 7) is 7.34. The highest BCUT2D eigenvalue weighted by molar-refractivity contribution is 6.33. The molecule has 3 heterocycles. The van der Waals surface area contributed by atoms with Crippen LogP contribution in [-0.4, -0.2) is 43.6 Å². The maximum Gasteiger partial charge on any atom is 0.274 e. The fourth-order valence-corrected chi connectivity index (χ4v) is 3.12. The zero-order valence-electron chi connectivity index (χ0n) is 14.2. The molecule has 6 nitrogen and oxygen atoms in total. The van der Waals surface area contributed by atoms with Gasteiger partial charge in [-0.2, -0.15) is 5.10 Å². The Morgan fingerprint density at radius 3 is 2.83 bits per heavy atom. The van der Waals surface area contributed by atoms with Crippen molar-refractivity contribution in [1.29, 1.82) is 0 Å². The average molecular weight is 348 g/mol. The highest BCUT2D eigenvalue weighted by atomic mass is 35.5. The first-order valence-electron chi connectivity index (χ1n) is 8.28. The van der Waals surface area contributed by atoms with Crippen LogP contribution in [0.4, 0.5) is 0 Å². The van der Waals surface area contributed by atoms with Gasteiger partial charge in [0.15, 0.2) is 5.69 Å². The van der Waals surface area contributed by atoms with E-state index in [0.717, 1.165) is 18.4 Å². The number of rotatable bonds is 3. The van der Waals surface area contributed by atoms with Gasteiger partial charge < -0.3 is 4.90 Å². The molecule has 2 aromatic rings. The van der Waals surface area contributed by atoms with Crippen molar-refractivity contribution in [1.82, 2.24) is 24.6 Å². The molecule has 0 aliphatic carbocycles. The summed E-state index contributed by atoms with van der Waals surface area (Å²) in [5.41, 5.74) is 1.42. The quantitative estimate of drug-likeness (QED) is 0.855. The maximum absolute atomic E-state index is 12.9. The van der Waals surface area contributed by atoms with Crippen molar-refractivity contribution < 1.29 is 4.79 Å². The lowest BCUT2D eigenvalue weighted by Crippen LogP contribution is -2.41. The van der Waals surface area contributed by atoms with E-state index in [1.54, 1.807) is 0 Å². The third-order valence-corrected chi connectivity index (χ3v) is 4.55. The van der Waals surface area contributed by atoms with Gasteiger partial charge in [0.05, 0.1) is 23.5 Å². The lowest BCUT2D eigenvalue weighted by atomic mass is 10.1. The van der Waals surface area contributed by atoms with Gasteiger partial charge in [0.25, 0.3) is 5.91 Å². The topological polar surface area (TPSA) is 63.9 Å². The first-order chi connectivity index (χ1) is 11.5. The summed E-state index contributed by atoms with van der Waals surface area (Å²) >= 11 is 6.18. The Labute approximate surface area is 146 Å². The summed E-state index contributed by atoms with van der Waals surface area (Å²) in [6.07, 6.45) is 7.34. The van der Waals surface area contributed by atoms with E-state index in [0.29, 0.717) is 29.6 Å². The van der Waals surface area contributed by atoms with Gasteiger partial charge in [-0.25, -0.2) is 9.97 Å². The molecule has 0 spiro atoms. The smallest absolute Gasteiger partial charge is 0.274 e. The summed E-state index contributed by atoms with van der Waals surface area (Å²) in [4.78, 5) is 23.3. The highest BCUT2D eigenvalue weighted by Gasteiger charge is 2.28. The predicted octanol–water partition coefficient (Wildman–Crippen LogP) is 3.24. The van der Waals surface area contributed by atoms with Crippen molar-refractivity contribution in [3.63, 3.8) is 0 Å². The number of aryl methyl sites for hydroxylation is 1. The maximum atomic E-state index is 12.9. The molecule has 1 atom stereocenters. The third-order valence-electron chi connectivity index (χ3n) is 4.27. The average Bonchev–Trinajstić information content (AvgIpc) is 3.01. The normalized spacial score (nSPS) is 18.2. The van der Waals surface area contributed by atoms with Crippen LogP contribution >= 0.6 is 11.6 Å². The van der Waals surface area contributed by atoms with Crippen LogP contribution in [0.1, 0.15) is 60.5 Å². The molecule has 7 heteroatoms. The molecular weight excluding hydrogens is 326 g/mol. The van der Waals surface area contributed by atoms with E-state index in [1.165, 1.54) is 6.20 Å². The first kappa shape index (κ1) is 16.9. The second kappa shape index (κ2) is 6.89. The van der Waals surface area contributed by atoms with Crippen LogP contribution in [0.5, 0.6) is 0 Å². The number of nitrogens with zero attached hydrogens (tertiary/aromatic N) is 5. The van der Waals surface area contributed by atoms with Gasteiger partial charge in [-0.15, -0.1) is 0 Å². The SMILES string of the molecule is Cc1cnn(C2CCCN(C(=O)c3nc(C(C)C)ncc3Cl)C2)c1. The molecule has 1 unspecified atom stereocenters. The molecule has 2 aromatic heterocycles. The van der Waals surface area contributed by atoms with Gasteiger partial charge in [0.1, 0.15) is 5.82 Å². The Morgan fingerprint density at radius 1 is 1.38 bits per heavy atom. The Hall–Kier alpha value is -1.95. The molecule has 1 saturated heterocycles.